The van der Waals surface area contributed by atoms with E-state index in [1.54, 1.807) is 0 Å². The number of halogens is 2. The molecule has 0 spiro atoms. The van der Waals surface area contributed by atoms with Crippen molar-refractivity contribution in [3.8, 4) is 0 Å². The fourth-order valence-corrected chi connectivity index (χ4v) is 4.68. The first-order valence-electron chi connectivity index (χ1n) is 10.2. The number of benzene rings is 2. The number of rotatable bonds is 5. The van der Waals surface area contributed by atoms with Gasteiger partial charge in [0, 0.05) is 41.2 Å². The van der Waals surface area contributed by atoms with Gasteiger partial charge in [0.2, 0.25) is 0 Å². The van der Waals surface area contributed by atoms with Crippen LogP contribution in [0.5, 0.6) is 0 Å². The number of aromatic nitrogens is 1. The molecule has 0 radical (unpaired) electrons. The minimum atomic E-state index is -1.09. The van der Waals surface area contributed by atoms with Crippen LogP contribution in [-0.4, -0.2) is 50.0 Å². The number of carboxylic acids is 1. The van der Waals surface area contributed by atoms with Gasteiger partial charge in [-0.3, -0.25) is 14.5 Å². The summed E-state index contributed by atoms with van der Waals surface area (Å²) < 4.78 is 29.6. The summed E-state index contributed by atoms with van der Waals surface area (Å²) in [6.45, 7) is 0.114. The molecule has 3 amide bonds. The Labute approximate surface area is 181 Å². The fraction of sp³-hybridized carbons (Fsp3) is 0.261. The second-order valence-corrected chi connectivity index (χ2v) is 8.03. The number of para-hydroxylation sites is 1. The van der Waals surface area contributed by atoms with Gasteiger partial charge in [-0.05, 0) is 17.7 Å². The van der Waals surface area contributed by atoms with Gasteiger partial charge in [-0.25, -0.2) is 13.6 Å². The molecular formula is C23H19F2N3O4. The molecule has 2 aliphatic rings. The molecule has 0 bridgehead atoms. The van der Waals surface area contributed by atoms with Crippen molar-refractivity contribution in [1.82, 2.24) is 14.4 Å². The second-order valence-electron chi connectivity index (χ2n) is 8.03. The molecule has 0 aliphatic carbocycles. The SMILES string of the molecule is O=C(O)CCN1C(=O)[C@@H]2Cc3c(n(Cc4ccc(F)cc4F)c4ccccc34)CN2C1=O. The lowest BCUT2D eigenvalue weighted by molar-refractivity contribution is -0.137. The van der Waals surface area contributed by atoms with Gasteiger partial charge in [0.05, 0.1) is 19.5 Å². The standard InChI is InChI=1S/C23H19F2N3O4/c24-14-6-5-13(17(25)9-14)11-27-18-4-2-1-3-15(18)16-10-19-22(31)26(8-7-21(29)30)23(32)28(19)12-20(16)27/h1-6,9,19H,7-8,10-12H2,(H,29,30)/t19-/m0/s1. The molecule has 3 aromatic rings. The lowest BCUT2D eigenvalue weighted by Gasteiger charge is -2.28. The molecule has 1 N–H and O–H groups in total. The highest BCUT2D eigenvalue weighted by Gasteiger charge is 2.48. The third kappa shape index (κ3) is 3.12. The second kappa shape index (κ2) is 7.44. The number of carbonyl (C=O) groups is 3. The summed E-state index contributed by atoms with van der Waals surface area (Å²) in [6.07, 6.45) is -0.0210. The Morgan fingerprint density at radius 3 is 2.66 bits per heavy atom. The number of urea groups is 1. The third-order valence-electron chi connectivity index (χ3n) is 6.21. The van der Waals surface area contributed by atoms with Crippen LogP contribution in [0, 0.1) is 11.6 Å². The largest absolute Gasteiger partial charge is 0.481 e. The number of aliphatic carboxylic acids is 1. The van der Waals surface area contributed by atoms with Crippen molar-refractivity contribution in [1.29, 1.82) is 0 Å². The first-order chi connectivity index (χ1) is 15.3. The van der Waals surface area contributed by atoms with Gasteiger partial charge in [-0.2, -0.15) is 0 Å². The monoisotopic (exact) mass is 439 g/mol. The summed E-state index contributed by atoms with van der Waals surface area (Å²) in [5.74, 6) is -2.80. The molecule has 3 heterocycles. The van der Waals surface area contributed by atoms with E-state index < -0.39 is 35.6 Å². The van der Waals surface area contributed by atoms with Crippen molar-refractivity contribution in [2.45, 2.75) is 32.0 Å². The Morgan fingerprint density at radius 2 is 1.91 bits per heavy atom. The summed E-state index contributed by atoms with van der Waals surface area (Å²) >= 11 is 0. The van der Waals surface area contributed by atoms with Gasteiger partial charge in [0.1, 0.15) is 17.7 Å². The molecule has 5 rings (SSSR count). The smallest absolute Gasteiger partial charge is 0.327 e. The zero-order valence-electron chi connectivity index (χ0n) is 16.9. The van der Waals surface area contributed by atoms with E-state index in [9.17, 15) is 23.2 Å². The highest BCUT2D eigenvalue weighted by atomic mass is 19.1. The van der Waals surface area contributed by atoms with Crippen LogP contribution in [0.2, 0.25) is 0 Å². The van der Waals surface area contributed by atoms with Crippen molar-refractivity contribution in [3.63, 3.8) is 0 Å². The Bertz CT molecular complexity index is 1290. The minimum Gasteiger partial charge on any atom is -0.481 e. The number of fused-ring (bicyclic) bond motifs is 4. The van der Waals surface area contributed by atoms with Crippen LogP contribution in [0.1, 0.15) is 23.2 Å². The molecule has 9 heteroatoms. The average molecular weight is 439 g/mol. The first kappa shape index (κ1) is 20.2. The number of hydrogen-bond acceptors (Lipinski definition) is 3. The van der Waals surface area contributed by atoms with E-state index in [1.165, 1.54) is 17.0 Å². The third-order valence-corrected chi connectivity index (χ3v) is 6.21. The maximum Gasteiger partial charge on any atom is 0.327 e. The van der Waals surface area contributed by atoms with Gasteiger partial charge in [-0.1, -0.05) is 24.3 Å². The molecule has 0 saturated carbocycles. The van der Waals surface area contributed by atoms with Crippen molar-refractivity contribution >= 4 is 28.8 Å². The normalized spacial score (nSPS) is 17.8. The first-order valence-corrected chi connectivity index (χ1v) is 10.2. The summed E-state index contributed by atoms with van der Waals surface area (Å²) in [7, 11) is 0. The molecule has 2 aromatic carbocycles. The summed E-state index contributed by atoms with van der Waals surface area (Å²) in [5, 5.41) is 9.84. The van der Waals surface area contributed by atoms with E-state index >= 15 is 0 Å². The minimum absolute atomic E-state index is 0.144. The van der Waals surface area contributed by atoms with Crippen LogP contribution in [0.3, 0.4) is 0 Å². The lowest BCUT2D eigenvalue weighted by Crippen LogP contribution is -2.40. The van der Waals surface area contributed by atoms with Crippen molar-refractivity contribution < 1.29 is 28.3 Å². The van der Waals surface area contributed by atoms with Crippen LogP contribution in [0.25, 0.3) is 10.9 Å². The molecule has 2 aliphatic heterocycles. The summed E-state index contributed by atoms with van der Waals surface area (Å²) in [5.41, 5.74) is 2.84. The molecule has 1 fully saturated rings. The van der Waals surface area contributed by atoms with Gasteiger partial charge < -0.3 is 14.6 Å². The van der Waals surface area contributed by atoms with Gasteiger partial charge in [0.15, 0.2) is 0 Å². The molecule has 1 saturated heterocycles. The maximum absolute atomic E-state index is 14.4. The fourth-order valence-electron chi connectivity index (χ4n) is 4.68. The van der Waals surface area contributed by atoms with Crippen molar-refractivity contribution in [2.75, 3.05) is 6.54 Å². The predicted octanol–water partition coefficient (Wildman–Crippen LogP) is 3.13. The molecule has 0 unspecified atom stereocenters. The quantitative estimate of drug-likeness (QED) is 0.620. The van der Waals surface area contributed by atoms with Crippen molar-refractivity contribution in [2.24, 2.45) is 0 Å². The Morgan fingerprint density at radius 1 is 1.12 bits per heavy atom. The number of carbonyl (C=O) groups excluding carboxylic acids is 2. The molecule has 164 valence electrons. The van der Waals surface area contributed by atoms with E-state index in [-0.39, 0.29) is 26.1 Å². The number of hydrogen-bond donors (Lipinski definition) is 1. The molecule has 1 aromatic heterocycles. The van der Waals surface area contributed by atoms with Crippen LogP contribution >= 0.6 is 0 Å². The average Bonchev–Trinajstić information content (AvgIpc) is 3.19. The van der Waals surface area contributed by atoms with Gasteiger partial charge >= 0.3 is 12.0 Å². The summed E-state index contributed by atoms with van der Waals surface area (Å²) in [4.78, 5) is 39.1. The van der Waals surface area contributed by atoms with Gasteiger partial charge in [-0.15, -0.1) is 0 Å². The van der Waals surface area contributed by atoms with E-state index in [4.69, 9.17) is 5.11 Å². The van der Waals surface area contributed by atoms with E-state index in [2.05, 4.69) is 0 Å². The highest BCUT2D eigenvalue weighted by Crippen LogP contribution is 2.37. The maximum atomic E-state index is 14.4. The molecule has 7 nitrogen and oxygen atoms in total. The number of nitrogens with zero attached hydrogens (tertiary/aromatic N) is 3. The molecule has 32 heavy (non-hydrogen) atoms. The van der Waals surface area contributed by atoms with E-state index in [0.29, 0.717) is 12.0 Å². The van der Waals surface area contributed by atoms with Crippen LogP contribution in [0.15, 0.2) is 42.5 Å². The van der Waals surface area contributed by atoms with Crippen molar-refractivity contribution in [3.05, 3.63) is 70.9 Å². The summed E-state index contributed by atoms with van der Waals surface area (Å²) in [6, 6.07) is 9.78. The Hall–Kier alpha value is -3.75. The zero-order chi connectivity index (χ0) is 22.6. The Balaban J connectivity index is 1.55. The molecule has 1 atom stereocenters. The van der Waals surface area contributed by atoms with Crippen LogP contribution in [0.4, 0.5) is 13.6 Å². The number of imide groups is 1. The van der Waals surface area contributed by atoms with E-state index in [1.807, 2.05) is 28.8 Å². The van der Waals surface area contributed by atoms with Crippen LogP contribution < -0.4 is 0 Å². The number of carboxylic acid groups (broad SMARTS) is 1. The zero-order valence-corrected chi connectivity index (χ0v) is 16.9. The molecular weight excluding hydrogens is 420 g/mol. The topological polar surface area (TPSA) is 82.8 Å². The predicted molar refractivity (Wildman–Crippen MR) is 110 cm³/mol. The van der Waals surface area contributed by atoms with Gasteiger partial charge in [0.25, 0.3) is 5.91 Å². The lowest BCUT2D eigenvalue weighted by atomic mass is 9.97. The van der Waals surface area contributed by atoms with Crippen LogP contribution in [-0.2, 0) is 29.1 Å². The Kier molecular flexibility index (Phi) is 4.69. The number of amides is 3. The highest BCUT2D eigenvalue weighted by molar-refractivity contribution is 6.05. The van der Waals surface area contributed by atoms with E-state index in [0.717, 1.165) is 33.1 Å².